The summed E-state index contributed by atoms with van der Waals surface area (Å²) in [5, 5.41) is 9.58. The van der Waals surface area contributed by atoms with Gasteiger partial charge in [-0.15, -0.1) is 0 Å². The van der Waals surface area contributed by atoms with Crippen LogP contribution in [-0.2, 0) is 4.74 Å². The molecule has 2 N–H and O–H groups in total. The molecule has 0 aliphatic heterocycles. The van der Waals surface area contributed by atoms with Crippen LogP contribution in [0.4, 0.5) is 0 Å². The lowest BCUT2D eigenvalue weighted by Gasteiger charge is -1.84. The number of aromatic nitrogens is 1. The zero-order valence-corrected chi connectivity index (χ0v) is 8.65. The van der Waals surface area contributed by atoms with Crippen molar-refractivity contribution in [1.82, 2.24) is 4.98 Å². The highest BCUT2D eigenvalue weighted by Gasteiger charge is 2.05. The Kier molecular flexibility index (Phi) is 3.88. The number of benzene rings is 1. The Labute approximate surface area is 87.5 Å². The summed E-state index contributed by atoms with van der Waals surface area (Å²) >= 11 is 0. The van der Waals surface area contributed by atoms with Gasteiger partial charge in [0.1, 0.15) is 5.69 Å². The van der Waals surface area contributed by atoms with Crippen molar-refractivity contribution < 1.29 is 14.6 Å². The van der Waals surface area contributed by atoms with Gasteiger partial charge in [0.15, 0.2) is 0 Å². The predicted octanol–water partition coefficient (Wildman–Crippen LogP) is 2.13. The number of H-pyrrole nitrogens is 1. The Morgan fingerprint density at radius 3 is 2.47 bits per heavy atom. The van der Waals surface area contributed by atoms with E-state index in [0.717, 1.165) is 10.9 Å². The first-order valence-electron chi connectivity index (χ1n) is 4.40. The van der Waals surface area contributed by atoms with Gasteiger partial charge < -0.3 is 14.8 Å². The molecule has 0 aliphatic rings. The molecular weight excluding hydrogens is 194 g/mol. The van der Waals surface area contributed by atoms with Crippen LogP contribution in [0.5, 0.6) is 0 Å². The monoisotopic (exact) mass is 207 g/mol. The number of aromatic carboxylic acids is 1. The number of carboxylic acids is 1. The molecule has 0 spiro atoms. The summed E-state index contributed by atoms with van der Waals surface area (Å²) < 4.78 is 4.25. The van der Waals surface area contributed by atoms with Crippen molar-refractivity contribution in [2.45, 2.75) is 0 Å². The van der Waals surface area contributed by atoms with Crippen LogP contribution < -0.4 is 0 Å². The molecule has 0 atom stereocenters. The Bertz CT molecular complexity index is 415. The Balaban J connectivity index is 0.000000337. The van der Waals surface area contributed by atoms with Crippen LogP contribution in [0.15, 0.2) is 30.3 Å². The summed E-state index contributed by atoms with van der Waals surface area (Å²) in [5.74, 6) is -0.925. The summed E-state index contributed by atoms with van der Waals surface area (Å²) in [4.78, 5) is 13.3. The van der Waals surface area contributed by atoms with Gasteiger partial charge in [-0.3, -0.25) is 0 Å². The first-order valence-corrected chi connectivity index (χ1v) is 4.40. The number of rotatable bonds is 1. The highest BCUT2D eigenvalue weighted by molar-refractivity contribution is 5.93. The molecule has 0 bridgehead atoms. The fourth-order valence-electron chi connectivity index (χ4n) is 1.19. The highest BCUT2D eigenvalue weighted by atomic mass is 16.4. The molecule has 2 aromatic rings. The fourth-order valence-corrected chi connectivity index (χ4v) is 1.19. The SMILES string of the molecule is COC.O=C(O)c1cc2ccccc2[nH]1. The van der Waals surface area contributed by atoms with E-state index in [4.69, 9.17) is 5.11 Å². The normalized spacial score (nSPS) is 9.47. The largest absolute Gasteiger partial charge is 0.477 e. The molecule has 1 heterocycles. The van der Waals surface area contributed by atoms with Crippen molar-refractivity contribution in [1.29, 1.82) is 0 Å². The molecule has 2 rings (SSSR count). The molecule has 0 saturated heterocycles. The minimum atomic E-state index is -0.925. The first kappa shape index (κ1) is 11.3. The molecule has 0 radical (unpaired) electrons. The molecule has 4 nitrogen and oxygen atoms in total. The molecule has 4 heteroatoms. The zero-order valence-electron chi connectivity index (χ0n) is 8.65. The van der Waals surface area contributed by atoms with Crippen LogP contribution in [-0.4, -0.2) is 30.3 Å². The topological polar surface area (TPSA) is 62.3 Å². The van der Waals surface area contributed by atoms with E-state index >= 15 is 0 Å². The Morgan fingerprint density at radius 1 is 1.33 bits per heavy atom. The van der Waals surface area contributed by atoms with Crippen LogP contribution in [0.3, 0.4) is 0 Å². The van der Waals surface area contributed by atoms with E-state index in [2.05, 4.69) is 9.72 Å². The van der Waals surface area contributed by atoms with Gasteiger partial charge in [-0.2, -0.15) is 0 Å². The number of methoxy groups -OCH3 is 1. The second-order valence-electron chi connectivity index (χ2n) is 2.98. The van der Waals surface area contributed by atoms with Gasteiger partial charge >= 0.3 is 5.97 Å². The van der Waals surface area contributed by atoms with Crippen molar-refractivity contribution in [2.24, 2.45) is 0 Å². The smallest absolute Gasteiger partial charge is 0.352 e. The quantitative estimate of drug-likeness (QED) is 0.753. The van der Waals surface area contributed by atoms with Crippen LogP contribution in [0, 0.1) is 0 Å². The van der Waals surface area contributed by atoms with Gasteiger partial charge in [-0.05, 0) is 12.1 Å². The fraction of sp³-hybridized carbons (Fsp3) is 0.182. The maximum atomic E-state index is 10.5. The van der Waals surface area contributed by atoms with Gasteiger partial charge in [0, 0.05) is 25.1 Å². The van der Waals surface area contributed by atoms with Crippen molar-refractivity contribution in [2.75, 3.05) is 14.2 Å². The van der Waals surface area contributed by atoms with E-state index in [-0.39, 0.29) is 5.69 Å². The van der Waals surface area contributed by atoms with Crippen molar-refractivity contribution in [3.05, 3.63) is 36.0 Å². The maximum Gasteiger partial charge on any atom is 0.352 e. The molecule has 1 aromatic carbocycles. The zero-order chi connectivity index (χ0) is 11.3. The lowest BCUT2D eigenvalue weighted by atomic mass is 10.2. The van der Waals surface area contributed by atoms with Gasteiger partial charge in [0.25, 0.3) is 0 Å². The molecular formula is C11H13NO3. The average molecular weight is 207 g/mol. The first-order chi connectivity index (χ1) is 7.19. The van der Waals surface area contributed by atoms with Crippen LogP contribution in [0.1, 0.15) is 10.5 Å². The van der Waals surface area contributed by atoms with Gasteiger partial charge in [0.05, 0.1) is 0 Å². The number of aromatic amines is 1. The van der Waals surface area contributed by atoms with Crippen LogP contribution in [0.25, 0.3) is 10.9 Å². The average Bonchev–Trinajstić information content (AvgIpc) is 2.62. The van der Waals surface area contributed by atoms with Crippen molar-refractivity contribution in [3.8, 4) is 0 Å². The number of hydrogen-bond donors (Lipinski definition) is 2. The number of para-hydroxylation sites is 1. The number of ether oxygens (including phenoxy) is 1. The number of carbonyl (C=O) groups is 1. The van der Waals surface area contributed by atoms with Crippen molar-refractivity contribution in [3.63, 3.8) is 0 Å². The van der Waals surface area contributed by atoms with E-state index in [9.17, 15) is 4.79 Å². The molecule has 0 aliphatic carbocycles. The summed E-state index contributed by atoms with van der Waals surface area (Å²) in [7, 11) is 3.25. The predicted molar refractivity (Wildman–Crippen MR) is 58.2 cm³/mol. The lowest BCUT2D eigenvalue weighted by molar-refractivity contribution is 0.0691. The minimum Gasteiger partial charge on any atom is -0.477 e. The number of carboxylic acid groups (broad SMARTS) is 1. The van der Waals surface area contributed by atoms with E-state index in [1.165, 1.54) is 0 Å². The summed E-state index contributed by atoms with van der Waals surface area (Å²) in [6, 6.07) is 9.09. The summed E-state index contributed by atoms with van der Waals surface area (Å²) in [6.07, 6.45) is 0. The van der Waals surface area contributed by atoms with E-state index in [1.54, 1.807) is 20.3 Å². The van der Waals surface area contributed by atoms with Crippen LogP contribution in [0.2, 0.25) is 0 Å². The third-order valence-corrected chi connectivity index (χ3v) is 1.76. The summed E-state index contributed by atoms with van der Waals surface area (Å²) in [5.41, 5.74) is 1.09. The number of fused-ring (bicyclic) bond motifs is 1. The van der Waals surface area contributed by atoms with E-state index < -0.39 is 5.97 Å². The Hall–Kier alpha value is -1.81. The van der Waals surface area contributed by atoms with Crippen molar-refractivity contribution >= 4 is 16.9 Å². The van der Waals surface area contributed by atoms with Gasteiger partial charge in [-0.1, -0.05) is 18.2 Å². The molecule has 1 aromatic heterocycles. The molecule has 0 saturated carbocycles. The second kappa shape index (κ2) is 5.17. The molecule has 15 heavy (non-hydrogen) atoms. The summed E-state index contributed by atoms with van der Waals surface area (Å²) in [6.45, 7) is 0. The molecule has 80 valence electrons. The minimum absolute atomic E-state index is 0.233. The van der Waals surface area contributed by atoms with Gasteiger partial charge in [-0.25, -0.2) is 4.79 Å². The lowest BCUT2D eigenvalue weighted by Crippen LogP contribution is -1.94. The molecule has 0 fully saturated rings. The third kappa shape index (κ3) is 2.82. The maximum absolute atomic E-state index is 10.5. The molecule has 0 unspecified atom stereocenters. The Morgan fingerprint density at radius 2 is 1.93 bits per heavy atom. The highest BCUT2D eigenvalue weighted by Crippen LogP contribution is 2.13. The van der Waals surface area contributed by atoms with E-state index in [1.807, 2.05) is 24.3 Å². The van der Waals surface area contributed by atoms with Crippen LogP contribution >= 0.6 is 0 Å². The standard InChI is InChI=1S/C9H7NO2.C2H6O/c11-9(12)8-5-6-3-1-2-4-7(6)10-8;1-3-2/h1-5,10H,(H,11,12);1-2H3. The van der Waals surface area contributed by atoms with E-state index in [0.29, 0.717) is 0 Å². The molecule has 0 amide bonds. The number of nitrogens with one attached hydrogen (secondary N) is 1. The van der Waals surface area contributed by atoms with Gasteiger partial charge in [0.2, 0.25) is 0 Å². The second-order valence-corrected chi connectivity index (χ2v) is 2.98. The number of hydrogen-bond acceptors (Lipinski definition) is 2. The third-order valence-electron chi connectivity index (χ3n) is 1.76.